The summed E-state index contributed by atoms with van der Waals surface area (Å²) in [6, 6.07) is 12.1. The molecule has 32 heavy (non-hydrogen) atoms. The minimum atomic E-state index is -0.112. The highest BCUT2D eigenvalue weighted by Gasteiger charge is 2.17. The van der Waals surface area contributed by atoms with Gasteiger partial charge in [-0.1, -0.05) is 41.6 Å². The number of hydrogen-bond acceptors (Lipinski definition) is 7. The normalized spacial score (nSPS) is 11.3. The molecule has 4 heterocycles. The molecule has 5 aromatic rings. The first-order valence-electron chi connectivity index (χ1n) is 10.0. The Kier molecular flexibility index (Phi) is 5.36. The van der Waals surface area contributed by atoms with Gasteiger partial charge in [0.2, 0.25) is 0 Å². The fourth-order valence-corrected chi connectivity index (χ4v) is 5.47. The van der Waals surface area contributed by atoms with Crippen molar-refractivity contribution in [1.29, 1.82) is 0 Å². The van der Waals surface area contributed by atoms with Crippen LogP contribution < -0.4 is 5.56 Å². The summed E-state index contributed by atoms with van der Waals surface area (Å²) in [5.74, 6) is 1.85. The minimum Gasteiger partial charge on any atom is -0.309 e. The number of H-pyrrole nitrogens is 1. The summed E-state index contributed by atoms with van der Waals surface area (Å²) in [5, 5.41) is 9.97. The fraction of sp³-hybridized carbons (Fsp3) is 0.174. The Labute approximate surface area is 192 Å². The SMILES string of the molecule is Cc1ccc(-c2c(C)sc3nc(CSc4nnc(-c5cccnc5)n4C)[nH]c(=O)c23)cc1. The maximum absolute atomic E-state index is 13.0. The van der Waals surface area contributed by atoms with Crippen LogP contribution in [0, 0.1) is 13.8 Å². The van der Waals surface area contributed by atoms with Gasteiger partial charge in [-0.25, -0.2) is 4.98 Å². The molecule has 0 saturated carbocycles. The second-order valence-electron chi connectivity index (χ2n) is 7.49. The largest absolute Gasteiger partial charge is 0.309 e. The standard InChI is InChI=1S/C23H20N6OS2/c1-13-6-8-15(9-7-13)18-14(2)32-22-19(18)21(30)25-17(26-22)12-31-23-28-27-20(29(23)3)16-5-4-10-24-11-16/h4-11H,12H2,1-3H3,(H,25,26,30). The molecule has 0 amide bonds. The molecule has 0 aliphatic heterocycles. The molecule has 7 nitrogen and oxygen atoms in total. The first-order valence-corrected chi connectivity index (χ1v) is 11.8. The minimum absolute atomic E-state index is 0.112. The van der Waals surface area contributed by atoms with Gasteiger partial charge in [0.1, 0.15) is 10.7 Å². The van der Waals surface area contributed by atoms with Gasteiger partial charge >= 0.3 is 0 Å². The first-order chi connectivity index (χ1) is 15.5. The second-order valence-corrected chi connectivity index (χ2v) is 9.63. The number of aromatic amines is 1. The predicted molar refractivity (Wildman–Crippen MR) is 129 cm³/mol. The van der Waals surface area contributed by atoms with E-state index >= 15 is 0 Å². The zero-order valence-electron chi connectivity index (χ0n) is 17.8. The lowest BCUT2D eigenvalue weighted by molar-refractivity contribution is 0.792. The summed E-state index contributed by atoms with van der Waals surface area (Å²) >= 11 is 3.03. The molecule has 0 unspecified atom stereocenters. The molecule has 0 bridgehead atoms. The molecule has 4 aromatic heterocycles. The summed E-state index contributed by atoms with van der Waals surface area (Å²) in [7, 11) is 1.92. The molecule has 0 spiro atoms. The molecule has 1 aromatic carbocycles. The zero-order valence-corrected chi connectivity index (χ0v) is 19.4. The van der Waals surface area contributed by atoms with E-state index in [0.29, 0.717) is 17.0 Å². The maximum atomic E-state index is 13.0. The van der Waals surface area contributed by atoms with Crippen LogP contribution in [0.3, 0.4) is 0 Å². The van der Waals surface area contributed by atoms with Crippen molar-refractivity contribution in [2.24, 2.45) is 7.05 Å². The molecule has 9 heteroatoms. The van der Waals surface area contributed by atoms with Crippen LogP contribution in [0.15, 0.2) is 58.7 Å². The van der Waals surface area contributed by atoms with Crippen LogP contribution in [0.5, 0.6) is 0 Å². The number of aromatic nitrogens is 6. The average molecular weight is 461 g/mol. The van der Waals surface area contributed by atoms with Crippen molar-refractivity contribution >= 4 is 33.3 Å². The van der Waals surface area contributed by atoms with Gasteiger partial charge in [0.25, 0.3) is 5.56 Å². The third kappa shape index (κ3) is 3.74. The number of rotatable bonds is 5. The number of hydrogen-bond donors (Lipinski definition) is 1. The fourth-order valence-electron chi connectivity index (χ4n) is 3.62. The zero-order chi connectivity index (χ0) is 22.2. The third-order valence-corrected chi connectivity index (χ3v) is 7.25. The Morgan fingerprint density at radius 1 is 1.09 bits per heavy atom. The van der Waals surface area contributed by atoms with E-state index in [-0.39, 0.29) is 5.56 Å². The summed E-state index contributed by atoms with van der Waals surface area (Å²) in [6.45, 7) is 4.09. The van der Waals surface area contributed by atoms with Gasteiger partial charge in [0.05, 0.1) is 11.1 Å². The van der Waals surface area contributed by atoms with Crippen LogP contribution in [0.4, 0.5) is 0 Å². The van der Waals surface area contributed by atoms with E-state index in [0.717, 1.165) is 37.4 Å². The van der Waals surface area contributed by atoms with Crippen LogP contribution in [0.2, 0.25) is 0 Å². The number of thioether (sulfide) groups is 1. The van der Waals surface area contributed by atoms with Gasteiger partial charge in [-0.15, -0.1) is 21.5 Å². The number of thiophene rings is 1. The summed E-state index contributed by atoms with van der Waals surface area (Å²) in [5.41, 5.74) is 3.98. The van der Waals surface area contributed by atoms with Gasteiger partial charge in [-0.2, -0.15) is 0 Å². The molecule has 160 valence electrons. The first kappa shape index (κ1) is 20.6. The number of pyridine rings is 1. The average Bonchev–Trinajstić information content (AvgIpc) is 3.33. The van der Waals surface area contributed by atoms with E-state index in [1.54, 1.807) is 23.7 Å². The van der Waals surface area contributed by atoms with Crippen LogP contribution in [-0.2, 0) is 12.8 Å². The van der Waals surface area contributed by atoms with Crippen molar-refractivity contribution in [2.45, 2.75) is 24.8 Å². The lowest BCUT2D eigenvalue weighted by atomic mass is 10.0. The Balaban J connectivity index is 1.44. The van der Waals surface area contributed by atoms with Crippen molar-refractivity contribution in [3.8, 4) is 22.5 Å². The Morgan fingerprint density at radius 2 is 1.91 bits per heavy atom. The van der Waals surface area contributed by atoms with Crippen LogP contribution >= 0.6 is 23.1 Å². The van der Waals surface area contributed by atoms with Gasteiger partial charge in [0.15, 0.2) is 11.0 Å². The van der Waals surface area contributed by atoms with E-state index in [2.05, 4.69) is 51.4 Å². The van der Waals surface area contributed by atoms with E-state index in [1.807, 2.05) is 30.7 Å². The van der Waals surface area contributed by atoms with Gasteiger partial charge in [0, 0.05) is 35.4 Å². The predicted octanol–water partition coefficient (Wildman–Crippen LogP) is 4.75. The van der Waals surface area contributed by atoms with Crippen LogP contribution in [0.1, 0.15) is 16.3 Å². The van der Waals surface area contributed by atoms with Gasteiger partial charge in [-0.05, 0) is 31.5 Å². The van der Waals surface area contributed by atoms with E-state index in [4.69, 9.17) is 4.98 Å². The van der Waals surface area contributed by atoms with Crippen molar-refractivity contribution in [3.05, 3.63) is 75.4 Å². The molecule has 0 fully saturated rings. The Bertz CT molecular complexity index is 1470. The maximum Gasteiger partial charge on any atom is 0.260 e. The molecule has 0 aliphatic carbocycles. The summed E-state index contributed by atoms with van der Waals surface area (Å²) < 4.78 is 1.92. The van der Waals surface area contributed by atoms with Crippen LogP contribution in [0.25, 0.3) is 32.7 Å². The number of nitrogens with one attached hydrogen (secondary N) is 1. The highest BCUT2D eigenvalue weighted by Crippen LogP contribution is 2.36. The highest BCUT2D eigenvalue weighted by molar-refractivity contribution is 7.98. The quantitative estimate of drug-likeness (QED) is 0.381. The van der Waals surface area contributed by atoms with E-state index in [9.17, 15) is 4.79 Å². The lowest BCUT2D eigenvalue weighted by Gasteiger charge is -2.05. The van der Waals surface area contributed by atoms with Gasteiger partial charge in [-0.3, -0.25) is 9.78 Å². The Morgan fingerprint density at radius 3 is 2.66 bits per heavy atom. The van der Waals surface area contributed by atoms with Crippen molar-refractivity contribution < 1.29 is 0 Å². The lowest BCUT2D eigenvalue weighted by Crippen LogP contribution is -2.11. The molecular formula is C23H20N6OS2. The monoisotopic (exact) mass is 460 g/mol. The number of benzene rings is 1. The van der Waals surface area contributed by atoms with Crippen molar-refractivity contribution in [2.75, 3.05) is 0 Å². The second kappa shape index (κ2) is 8.33. The molecule has 5 rings (SSSR count). The summed E-state index contributed by atoms with van der Waals surface area (Å²) in [6.07, 6.45) is 3.49. The van der Waals surface area contributed by atoms with Gasteiger partial charge < -0.3 is 9.55 Å². The van der Waals surface area contributed by atoms with Crippen molar-refractivity contribution in [3.63, 3.8) is 0 Å². The molecule has 0 saturated heterocycles. The molecule has 1 N–H and O–H groups in total. The number of aryl methyl sites for hydroxylation is 2. The van der Waals surface area contributed by atoms with E-state index in [1.165, 1.54) is 17.3 Å². The molecule has 0 aliphatic rings. The number of nitrogens with zero attached hydrogens (tertiary/aromatic N) is 5. The Hall–Kier alpha value is -3.30. The molecule has 0 atom stereocenters. The third-order valence-electron chi connectivity index (χ3n) is 5.22. The van der Waals surface area contributed by atoms with E-state index < -0.39 is 0 Å². The smallest absolute Gasteiger partial charge is 0.260 e. The van der Waals surface area contributed by atoms with Crippen molar-refractivity contribution in [1.82, 2.24) is 29.7 Å². The summed E-state index contributed by atoms with van der Waals surface area (Å²) in [4.78, 5) is 26.7. The highest BCUT2D eigenvalue weighted by atomic mass is 32.2. The van der Waals surface area contributed by atoms with Crippen LogP contribution in [-0.4, -0.2) is 29.7 Å². The topological polar surface area (TPSA) is 89.3 Å². The number of fused-ring (bicyclic) bond motifs is 1. The molecular weight excluding hydrogens is 440 g/mol. The molecule has 0 radical (unpaired) electrons.